The topological polar surface area (TPSA) is 67.9 Å². The molecule has 1 aliphatic rings. The molecule has 2 amide bonds. The van der Waals surface area contributed by atoms with Crippen molar-refractivity contribution in [1.29, 1.82) is 0 Å². The fourth-order valence-electron chi connectivity index (χ4n) is 3.33. The summed E-state index contributed by atoms with van der Waals surface area (Å²) in [7, 11) is 0. The molecule has 0 aliphatic carbocycles. The third-order valence-electron chi connectivity index (χ3n) is 4.88. The van der Waals surface area contributed by atoms with Gasteiger partial charge in [0.25, 0.3) is 5.91 Å². The maximum atomic E-state index is 12.8. The molecule has 6 nitrogen and oxygen atoms in total. The highest BCUT2D eigenvalue weighted by Gasteiger charge is 2.50. The zero-order valence-electron chi connectivity index (χ0n) is 16.3. The van der Waals surface area contributed by atoms with Crippen LogP contribution in [0, 0.1) is 5.92 Å². The first-order chi connectivity index (χ1) is 14.7. The van der Waals surface area contributed by atoms with E-state index in [0.717, 1.165) is 11.1 Å². The van der Waals surface area contributed by atoms with Gasteiger partial charge in [-0.05, 0) is 29.7 Å². The Morgan fingerprint density at radius 1 is 0.833 bits per heavy atom. The van der Waals surface area contributed by atoms with Gasteiger partial charge in [0.15, 0.2) is 0 Å². The van der Waals surface area contributed by atoms with Gasteiger partial charge in [0.1, 0.15) is 18.3 Å². The fourth-order valence-corrected chi connectivity index (χ4v) is 3.33. The SMILES string of the molecule is O=C(NN1C(=O)[C@@H](Cc2ccccc2)[C@@H]1Oc1ccccc1)OCc1ccccc1. The van der Waals surface area contributed by atoms with E-state index < -0.39 is 18.2 Å². The van der Waals surface area contributed by atoms with Gasteiger partial charge < -0.3 is 9.47 Å². The second-order valence-electron chi connectivity index (χ2n) is 7.00. The van der Waals surface area contributed by atoms with Crippen LogP contribution in [0.1, 0.15) is 11.1 Å². The Morgan fingerprint density at radius 2 is 1.40 bits per heavy atom. The second kappa shape index (κ2) is 9.13. The summed E-state index contributed by atoms with van der Waals surface area (Å²) in [6, 6.07) is 28.3. The molecule has 30 heavy (non-hydrogen) atoms. The summed E-state index contributed by atoms with van der Waals surface area (Å²) in [5, 5.41) is 1.20. The van der Waals surface area contributed by atoms with Gasteiger partial charge in [-0.2, -0.15) is 0 Å². The van der Waals surface area contributed by atoms with Gasteiger partial charge in [0.2, 0.25) is 6.23 Å². The summed E-state index contributed by atoms with van der Waals surface area (Å²) in [6.45, 7) is 0.117. The molecule has 1 aliphatic heterocycles. The minimum absolute atomic E-state index is 0.117. The Labute approximate surface area is 175 Å². The van der Waals surface area contributed by atoms with Crippen LogP contribution in [0.3, 0.4) is 0 Å². The third-order valence-corrected chi connectivity index (χ3v) is 4.88. The number of nitrogens with zero attached hydrogens (tertiary/aromatic N) is 1. The van der Waals surface area contributed by atoms with Crippen molar-refractivity contribution >= 4 is 12.0 Å². The zero-order chi connectivity index (χ0) is 20.8. The molecule has 0 spiro atoms. The monoisotopic (exact) mass is 402 g/mol. The number of hydrogen-bond donors (Lipinski definition) is 1. The molecule has 0 unspecified atom stereocenters. The van der Waals surface area contributed by atoms with Crippen molar-refractivity contribution in [2.24, 2.45) is 5.92 Å². The summed E-state index contributed by atoms with van der Waals surface area (Å²) in [5.41, 5.74) is 4.41. The average Bonchev–Trinajstić information content (AvgIpc) is 2.81. The molecule has 1 saturated heterocycles. The predicted octanol–water partition coefficient (Wildman–Crippen LogP) is 3.93. The van der Waals surface area contributed by atoms with Crippen LogP contribution in [-0.4, -0.2) is 23.2 Å². The van der Waals surface area contributed by atoms with Crippen LogP contribution in [-0.2, 0) is 22.6 Å². The molecule has 1 fully saturated rings. The maximum absolute atomic E-state index is 12.8. The van der Waals surface area contributed by atoms with Crippen LogP contribution in [0.15, 0.2) is 91.0 Å². The van der Waals surface area contributed by atoms with Crippen molar-refractivity contribution in [2.45, 2.75) is 19.3 Å². The quantitative estimate of drug-likeness (QED) is 0.608. The van der Waals surface area contributed by atoms with Crippen molar-refractivity contribution in [3.8, 4) is 5.75 Å². The van der Waals surface area contributed by atoms with Gasteiger partial charge in [-0.15, -0.1) is 0 Å². The Morgan fingerprint density at radius 3 is 2.03 bits per heavy atom. The zero-order valence-corrected chi connectivity index (χ0v) is 16.3. The highest BCUT2D eigenvalue weighted by molar-refractivity contribution is 5.87. The number of rotatable bonds is 7. The molecule has 3 aromatic rings. The molecule has 152 valence electrons. The molecule has 4 rings (SSSR count). The molecule has 3 aromatic carbocycles. The van der Waals surface area contributed by atoms with E-state index in [1.807, 2.05) is 91.0 Å². The van der Waals surface area contributed by atoms with E-state index in [0.29, 0.717) is 12.2 Å². The lowest BCUT2D eigenvalue weighted by Gasteiger charge is -2.45. The predicted molar refractivity (Wildman–Crippen MR) is 111 cm³/mol. The Kier molecular flexibility index (Phi) is 5.94. The van der Waals surface area contributed by atoms with Crippen LogP contribution in [0.25, 0.3) is 0 Å². The molecule has 0 bridgehead atoms. The normalized spacial score (nSPS) is 17.7. The van der Waals surface area contributed by atoms with E-state index in [4.69, 9.17) is 9.47 Å². The van der Waals surface area contributed by atoms with Gasteiger partial charge in [-0.1, -0.05) is 78.9 Å². The molecule has 0 saturated carbocycles. The van der Waals surface area contributed by atoms with Crippen molar-refractivity contribution < 1.29 is 19.1 Å². The number of ether oxygens (including phenoxy) is 2. The first-order valence-corrected chi connectivity index (χ1v) is 9.77. The molecular formula is C24H22N2O4. The van der Waals surface area contributed by atoms with E-state index in [-0.39, 0.29) is 12.5 Å². The smallest absolute Gasteiger partial charge is 0.426 e. The number of carbonyl (C=O) groups excluding carboxylic acids is 2. The molecule has 0 radical (unpaired) electrons. The summed E-state index contributed by atoms with van der Waals surface area (Å²) < 4.78 is 11.3. The molecule has 6 heteroatoms. The van der Waals surface area contributed by atoms with E-state index in [9.17, 15) is 9.59 Å². The number of hydrazine groups is 1. The number of β-lactam (4-membered cyclic amide) rings is 1. The standard InChI is InChI=1S/C24H22N2O4/c27-22-21(16-18-10-4-1-5-11-18)23(30-20-14-8-3-9-15-20)26(22)25-24(28)29-17-19-12-6-2-7-13-19/h1-15,21,23H,16-17H2,(H,25,28)/t21-,23+/m1/s1. The molecule has 0 aromatic heterocycles. The van der Waals surface area contributed by atoms with Crippen LogP contribution >= 0.6 is 0 Å². The summed E-state index contributed by atoms with van der Waals surface area (Å²) in [6.07, 6.45) is -0.801. The molecule has 1 N–H and O–H groups in total. The van der Waals surface area contributed by atoms with E-state index in [1.54, 1.807) is 0 Å². The Bertz CT molecular complexity index is 980. The number of para-hydroxylation sites is 1. The van der Waals surface area contributed by atoms with E-state index in [1.165, 1.54) is 5.01 Å². The number of benzene rings is 3. The van der Waals surface area contributed by atoms with E-state index >= 15 is 0 Å². The van der Waals surface area contributed by atoms with Crippen molar-refractivity contribution in [3.63, 3.8) is 0 Å². The Balaban J connectivity index is 1.42. The number of nitrogens with one attached hydrogen (secondary N) is 1. The van der Waals surface area contributed by atoms with Gasteiger partial charge in [-0.3, -0.25) is 4.79 Å². The molecular weight excluding hydrogens is 380 g/mol. The molecule has 1 heterocycles. The lowest BCUT2D eigenvalue weighted by molar-refractivity contribution is -0.184. The number of amides is 2. The fraction of sp³-hybridized carbons (Fsp3) is 0.167. The van der Waals surface area contributed by atoms with Gasteiger partial charge >= 0.3 is 6.09 Å². The number of carbonyl (C=O) groups is 2. The van der Waals surface area contributed by atoms with Gasteiger partial charge in [-0.25, -0.2) is 15.2 Å². The highest BCUT2D eigenvalue weighted by Crippen LogP contribution is 2.30. The minimum Gasteiger partial charge on any atom is -0.468 e. The lowest BCUT2D eigenvalue weighted by Crippen LogP contribution is -2.69. The van der Waals surface area contributed by atoms with Gasteiger partial charge in [0, 0.05) is 0 Å². The van der Waals surface area contributed by atoms with Crippen molar-refractivity contribution in [3.05, 3.63) is 102 Å². The average molecular weight is 402 g/mol. The molecule has 2 atom stereocenters. The number of hydrogen-bond acceptors (Lipinski definition) is 4. The highest BCUT2D eigenvalue weighted by atomic mass is 16.6. The summed E-state index contributed by atoms with van der Waals surface area (Å²) >= 11 is 0. The van der Waals surface area contributed by atoms with Crippen molar-refractivity contribution in [1.82, 2.24) is 10.4 Å². The third kappa shape index (κ3) is 4.60. The Hall–Kier alpha value is -3.80. The van der Waals surface area contributed by atoms with E-state index in [2.05, 4.69) is 5.43 Å². The lowest BCUT2D eigenvalue weighted by atomic mass is 9.90. The summed E-state index contributed by atoms with van der Waals surface area (Å²) in [4.78, 5) is 25.0. The van der Waals surface area contributed by atoms with Crippen LogP contribution < -0.4 is 10.2 Å². The second-order valence-corrected chi connectivity index (χ2v) is 7.00. The van der Waals surface area contributed by atoms with Crippen LogP contribution in [0.2, 0.25) is 0 Å². The van der Waals surface area contributed by atoms with Crippen molar-refractivity contribution in [2.75, 3.05) is 0 Å². The summed E-state index contributed by atoms with van der Waals surface area (Å²) in [5.74, 6) is 0.0102. The first-order valence-electron chi connectivity index (χ1n) is 9.77. The largest absolute Gasteiger partial charge is 0.468 e. The van der Waals surface area contributed by atoms with Crippen LogP contribution in [0.5, 0.6) is 5.75 Å². The van der Waals surface area contributed by atoms with Crippen LogP contribution in [0.4, 0.5) is 4.79 Å². The first kappa shape index (κ1) is 19.5. The maximum Gasteiger partial charge on any atom is 0.426 e. The van der Waals surface area contributed by atoms with Gasteiger partial charge in [0.05, 0.1) is 0 Å². The minimum atomic E-state index is -0.702.